The van der Waals surface area contributed by atoms with E-state index in [0.717, 1.165) is 5.56 Å². The van der Waals surface area contributed by atoms with Gasteiger partial charge in [-0.25, -0.2) is 0 Å². The third-order valence-corrected chi connectivity index (χ3v) is 4.42. The normalized spacial score (nSPS) is 10.8. The number of benzene rings is 2. The van der Waals surface area contributed by atoms with Crippen LogP contribution in [0.4, 0.5) is 0 Å². The molecule has 0 aliphatic heterocycles. The van der Waals surface area contributed by atoms with Crippen molar-refractivity contribution in [1.82, 2.24) is 4.90 Å². The largest absolute Gasteiger partial charge is 0.493 e. The van der Waals surface area contributed by atoms with Gasteiger partial charge in [0.25, 0.3) is 0 Å². The molecule has 0 saturated carbocycles. The Morgan fingerprint density at radius 2 is 1.93 bits per heavy atom. The molecule has 28 heavy (non-hydrogen) atoms. The van der Waals surface area contributed by atoms with Gasteiger partial charge in [-0.15, -0.1) is 0 Å². The fraction of sp³-hybridized carbons (Fsp3) is 0.273. The van der Waals surface area contributed by atoms with Crippen molar-refractivity contribution in [3.63, 3.8) is 0 Å². The summed E-state index contributed by atoms with van der Waals surface area (Å²) in [6, 6.07) is 14.5. The van der Waals surface area contributed by atoms with Gasteiger partial charge >= 0.3 is 0 Å². The minimum atomic E-state index is -0.235. The molecule has 0 aliphatic rings. The molecule has 0 bridgehead atoms. The SMILES string of the molecule is CCOc1cccc2occ(CN(CCO)C(=O)Cc3ccccc3)c(=O)c12. The van der Waals surface area contributed by atoms with E-state index in [2.05, 4.69) is 0 Å². The van der Waals surface area contributed by atoms with Gasteiger partial charge in [0.2, 0.25) is 11.3 Å². The molecule has 1 aromatic heterocycles. The number of rotatable bonds is 8. The smallest absolute Gasteiger partial charge is 0.227 e. The quantitative estimate of drug-likeness (QED) is 0.649. The van der Waals surface area contributed by atoms with Crippen LogP contribution >= 0.6 is 0 Å². The second kappa shape index (κ2) is 9.19. The van der Waals surface area contributed by atoms with E-state index in [0.29, 0.717) is 28.9 Å². The Hall–Kier alpha value is -3.12. The van der Waals surface area contributed by atoms with Crippen molar-refractivity contribution in [2.24, 2.45) is 0 Å². The highest BCUT2D eigenvalue weighted by atomic mass is 16.5. The van der Waals surface area contributed by atoms with Gasteiger partial charge in [-0.3, -0.25) is 9.59 Å². The van der Waals surface area contributed by atoms with E-state index in [-0.39, 0.29) is 37.5 Å². The number of nitrogens with zero attached hydrogens (tertiary/aromatic N) is 1. The summed E-state index contributed by atoms with van der Waals surface area (Å²) in [5.41, 5.74) is 1.42. The van der Waals surface area contributed by atoms with Gasteiger partial charge in [-0.1, -0.05) is 36.4 Å². The number of aliphatic hydroxyl groups excluding tert-OH is 1. The molecule has 0 fully saturated rings. The number of fused-ring (bicyclic) bond motifs is 1. The van der Waals surface area contributed by atoms with Crippen LogP contribution in [0.1, 0.15) is 18.1 Å². The standard InChI is InChI=1S/C22H23NO5/c1-2-27-18-9-6-10-19-21(18)22(26)17(15-28-19)14-23(11-12-24)20(25)13-16-7-4-3-5-8-16/h3-10,15,24H,2,11-14H2,1H3. The number of hydrogen-bond acceptors (Lipinski definition) is 5. The second-order valence-corrected chi connectivity index (χ2v) is 6.35. The fourth-order valence-electron chi connectivity index (χ4n) is 3.07. The highest BCUT2D eigenvalue weighted by molar-refractivity contribution is 5.84. The molecular formula is C22H23NO5. The molecule has 1 N–H and O–H groups in total. The van der Waals surface area contributed by atoms with Crippen LogP contribution in [0.3, 0.4) is 0 Å². The van der Waals surface area contributed by atoms with E-state index in [4.69, 9.17) is 9.15 Å². The molecule has 0 saturated heterocycles. The molecule has 1 amide bonds. The summed E-state index contributed by atoms with van der Waals surface area (Å²) < 4.78 is 11.2. The molecule has 0 aliphatic carbocycles. The maximum atomic E-state index is 13.0. The van der Waals surface area contributed by atoms with Crippen molar-refractivity contribution in [3.05, 3.63) is 76.1 Å². The lowest BCUT2D eigenvalue weighted by molar-refractivity contribution is -0.131. The van der Waals surface area contributed by atoms with E-state index >= 15 is 0 Å². The summed E-state index contributed by atoms with van der Waals surface area (Å²) in [7, 11) is 0. The third kappa shape index (κ3) is 4.40. The minimum Gasteiger partial charge on any atom is -0.493 e. The van der Waals surface area contributed by atoms with E-state index in [1.54, 1.807) is 18.2 Å². The number of ether oxygens (including phenoxy) is 1. The van der Waals surface area contributed by atoms with E-state index < -0.39 is 0 Å². The molecule has 3 rings (SSSR count). The maximum absolute atomic E-state index is 13.0. The molecule has 2 aromatic carbocycles. The number of hydrogen-bond donors (Lipinski definition) is 1. The molecular weight excluding hydrogens is 358 g/mol. The molecule has 0 spiro atoms. The van der Waals surface area contributed by atoms with Gasteiger partial charge in [-0.2, -0.15) is 0 Å². The highest BCUT2D eigenvalue weighted by Crippen LogP contribution is 2.23. The van der Waals surface area contributed by atoms with Crippen LogP contribution in [0.5, 0.6) is 5.75 Å². The van der Waals surface area contributed by atoms with Crippen LogP contribution in [0, 0.1) is 0 Å². The Labute approximate surface area is 163 Å². The Bertz CT molecular complexity index is 997. The summed E-state index contributed by atoms with van der Waals surface area (Å²) in [6.07, 6.45) is 1.57. The van der Waals surface area contributed by atoms with Crippen molar-refractivity contribution in [3.8, 4) is 5.75 Å². The van der Waals surface area contributed by atoms with Crippen LogP contribution in [0.2, 0.25) is 0 Å². The summed E-state index contributed by atoms with van der Waals surface area (Å²) in [4.78, 5) is 27.2. The van der Waals surface area contributed by atoms with E-state index in [1.807, 2.05) is 37.3 Å². The first-order valence-corrected chi connectivity index (χ1v) is 9.22. The van der Waals surface area contributed by atoms with Gasteiger partial charge in [0, 0.05) is 6.54 Å². The monoisotopic (exact) mass is 381 g/mol. The first-order valence-electron chi connectivity index (χ1n) is 9.22. The average molecular weight is 381 g/mol. The maximum Gasteiger partial charge on any atom is 0.227 e. The van der Waals surface area contributed by atoms with Crippen molar-refractivity contribution in [2.45, 2.75) is 19.9 Å². The zero-order chi connectivity index (χ0) is 19.9. The van der Waals surface area contributed by atoms with Gasteiger partial charge in [0.05, 0.1) is 38.0 Å². The average Bonchev–Trinajstić information content (AvgIpc) is 2.70. The lowest BCUT2D eigenvalue weighted by atomic mass is 10.1. The van der Waals surface area contributed by atoms with Gasteiger partial charge in [0.15, 0.2) is 0 Å². The molecule has 0 radical (unpaired) electrons. The summed E-state index contributed by atoms with van der Waals surface area (Å²) in [5, 5.41) is 9.73. The lowest BCUT2D eigenvalue weighted by Crippen LogP contribution is -2.35. The summed E-state index contributed by atoms with van der Waals surface area (Å²) >= 11 is 0. The van der Waals surface area contributed by atoms with Crippen LogP contribution in [0.15, 0.2) is 64.0 Å². The molecule has 3 aromatic rings. The Kier molecular flexibility index (Phi) is 6.45. The molecule has 0 atom stereocenters. The zero-order valence-electron chi connectivity index (χ0n) is 15.8. The van der Waals surface area contributed by atoms with Crippen molar-refractivity contribution < 1.29 is 19.1 Å². The van der Waals surface area contributed by atoms with Crippen molar-refractivity contribution >= 4 is 16.9 Å². The van der Waals surface area contributed by atoms with Crippen LogP contribution in [0.25, 0.3) is 11.0 Å². The minimum absolute atomic E-state index is 0.0605. The Morgan fingerprint density at radius 1 is 1.14 bits per heavy atom. The molecule has 6 nitrogen and oxygen atoms in total. The van der Waals surface area contributed by atoms with Crippen molar-refractivity contribution in [1.29, 1.82) is 0 Å². The van der Waals surface area contributed by atoms with Crippen LogP contribution < -0.4 is 10.2 Å². The van der Waals surface area contributed by atoms with Crippen molar-refractivity contribution in [2.75, 3.05) is 19.8 Å². The van der Waals surface area contributed by atoms with Gasteiger partial charge in [-0.05, 0) is 24.6 Å². The Balaban J connectivity index is 1.89. The predicted molar refractivity (Wildman–Crippen MR) is 106 cm³/mol. The summed E-state index contributed by atoms with van der Waals surface area (Å²) in [5.74, 6) is 0.290. The topological polar surface area (TPSA) is 80.0 Å². The van der Waals surface area contributed by atoms with Gasteiger partial charge < -0.3 is 19.2 Å². The zero-order valence-corrected chi connectivity index (χ0v) is 15.8. The fourth-order valence-corrected chi connectivity index (χ4v) is 3.07. The number of amides is 1. The number of aliphatic hydroxyl groups is 1. The lowest BCUT2D eigenvalue weighted by Gasteiger charge is -2.21. The number of carbonyl (C=O) groups excluding carboxylic acids is 1. The highest BCUT2D eigenvalue weighted by Gasteiger charge is 2.18. The molecule has 146 valence electrons. The predicted octanol–water partition coefficient (Wildman–Crippen LogP) is 2.76. The molecule has 6 heteroatoms. The van der Waals surface area contributed by atoms with Gasteiger partial charge in [0.1, 0.15) is 16.7 Å². The Morgan fingerprint density at radius 3 is 2.64 bits per heavy atom. The summed E-state index contributed by atoms with van der Waals surface area (Å²) in [6.45, 7) is 2.27. The second-order valence-electron chi connectivity index (χ2n) is 6.35. The molecule has 0 unspecified atom stereocenters. The van der Waals surface area contributed by atoms with E-state index in [1.165, 1.54) is 11.2 Å². The van der Waals surface area contributed by atoms with Crippen LogP contribution in [-0.4, -0.2) is 35.7 Å². The first kappa shape index (κ1) is 19.6. The number of carbonyl (C=O) groups is 1. The third-order valence-electron chi connectivity index (χ3n) is 4.42. The molecule has 1 heterocycles. The van der Waals surface area contributed by atoms with E-state index in [9.17, 15) is 14.7 Å². The first-order chi connectivity index (χ1) is 13.6. The van der Waals surface area contributed by atoms with Crippen LogP contribution in [-0.2, 0) is 17.8 Å².